The zero-order chi connectivity index (χ0) is 11.7. The first kappa shape index (κ1) is 9.78. The van der Waals surface area contributed by atoms with Crippen molar-refractivity contribution in [2.75, 3.05) is 5.73 Å². The van der Waals surface area contributed by atoms with E-state index >= 15 is 0 Å². The Morgan fingerprint density at radius 2 is 1.76 bits per heavy atom. The molecule has 0 fully saturated rings. The van der Waals surface area contributed by atoms with E-state index in [4.69, 9.17) is 5.73 Å². The van der Waals surface area contributed by atoms with Crippen LogP contribution in [0, 0.1) is 0 Å². The summed E-state index contributed by atoms with van der Waals surface area (Å²) in [6.45, 7) is 0. The Balaban J connectivity index is 2.27. The molecule has 3 nitrogen and oxygen atoms in total. The predicted octanol–water partition coefficient (Wildman–Crippen LogP) is 2.88. The first-order valence-corrected chi connectivity index (χ1v) is 5.39. The largest absolute Gasteiger partial charge is 0.384 e. The summed E-state index contributed by atoms with van der Waals surface area (Å²) in [5.41, 5.74) is 7.70. The number of benzene rings is 1. The summed E-state index contributed by atoms with van der Waals surface area (Å²) in [5, 5.41) is 2.30. The molecule has 0 saturated heterocycles. The SMILES string of the molecule is Nc1ccc(-c2cncc3ccccc23)cn1. The number of aromatic nitrogens is 2. The van der Waals surface area contributed by atoms with Crippen molar-refractivity contribution < 1.29 is 0 Å². The normalized spacial score (nSPS) is 10.6. The number of anilines is 1. The lowest BCUT2D eigenvalue weighted by Crippen LogP contribution is -1.90. The molecule has 17 heavy (non-hydrogen) atoms. The highest BCUT2D eigenvalue weighted by Gasteiger charge is 2.03. The van der Waals surface area contributed by atoms with Gasteiger partial charge >= 0.3 is 0 Å². The van der Waals surface area contributed by atoms with Gasteiger partial charge in [0.1, 0.15) is 5.82 Å². The molecule has 0 saturated carbocycles. The van der Waals surface area contributed by atoms with E-state index < -0.39 is 0 Å². The van der Waals surface area contributed by atoms with Gasteiger partial charge in [0.2, 0.25) is 0 Å². The Morgan fingerprint density at radius 1 is 0.882 bits per heavy atom. The Kier molecular flexibility index (Phi) is 2.22. The standard InChI is InChI=1S/C14H11N3/c15-14-6-5-11(8-17-14)13-9-16-7-10-3-1-2-4-12(10)13/h1-9H,(H2,15,17). The molecule has 0 atom stereocenters. The van der Waals surface area contributed by atoms with Crippen molar-refractivity contribution in [1.29, 1.82) is 0 Å². The van der Waals surface area contributed by atoms with Crippen molar-refractivity contribution in [3.63, 3.8) is 0 Å². The second-order valence-electron chi connectivity index (χ2n) is 3.88. The molecule has 3 aromatic rings. The van der Waals surface area contributed by atoms with E-state index in [9.17, 15) is 0 Å². The topological polar surface area (TPSA) is 51.8 Å². The first-order valence-electron chi connectivity index (χ1n) is 5.39. The monoisotopic (exact) mass is 221 g/mol. The van der Waals surface area contributed by atoms with Gasteiger partial charge in [0.25, 0.3) is 0 Å². The summed E-state index contributed by atoms with van der Waals surface area (Å²) in [6, 6.07) is 11.9. The average molecular weight is 221 g/mol. The number of nitrogens with two attached hydrogens (primary N) is 1. The van der Waals surface area contributed by atoms with E-state index in [2.05, 4.69) is 22.1 Å². The number of hydrogen-bond acceptors (Lipinski definition) is 3. The Bertz CT molecular complexity index is 654. The smallest absolute Gasteiger partial charge is 0.123 e. The fourth-order valence-corrected chi connectivity index (χ4v) is 1.91. The lowest BCUT2D eigenvalue weighted by Gasteiger charge is -2.05. The lowest BCUT2D eigenvalue weighted by molar-refractivity contribution is 1.32. The second-order valence-corrected chi connectivity index (χ2v) is 3.88. The maximum Gasteiger partial charge on any atom is 0.123 e. The maximum atomic E-state index is 5.59. The minimum atomic E-state index is 0.530. The van der Waals surface area contributed by atoms with E-state index in [0.29, 0.717) is 5.82 Å². The fourth-order valence-electron chi connectivity index (χ4n) is 1.91. The summed E-state index contributed by atoms with van der Waals surface area (Å²) in [4.78, 5) is 8.36. The highest BCUT2D eigenvalue weighted by Crippen LogP contribution is 2.26. The van der Waals surface area contributed by atoms with Crippen molar-refractivity contribution in [3.05, 3.63) is 55.0 Å². The van der Waals surface area contributed by atoms with Crippen molar-refractivity contribution in [1.82, 2.24) is 9.97 Å². The third-order valence-electron chi connectivity index (χ3n) is 2.77. The summed E-state index contributed by atoms with van der Waals surface area (Å²) in [6.07, 6.45) is 5.50. The molecule has 0 spiro atoms. The molecule has 2 aromatic heterocycles. The molecule has 0 radical (unpaired) electrons. The molecule has 0 amide bonds. The highest BCUT2D eigenvalue weighted by molar-refractivity contribution is 5.95. The Hall–Kier alpha value is -2.42. The molecule has 2 N–H and O–H groups in total. The number of pyridine rings is 2. The molecular weight excluding hydrogens is 210 g/mol. The Morgan fingerprint density at radius 3 is 2.59 bits per heavy atom. The van der Waals surface area contributed by atoms with Crippen molar-refractivity contribution in [2.24, 2.45) is 0 Å². The quantitative estimate of drug-likeness (QED) is 0.687. The summed E-state index contributed by atoms with van der Waals surface area (Å²) in [5.74, 6) is 0.530. The van der Waals surface area contributed by atoms with Crippen molar-refractivity contribution >= 4 is 16.6 Å². The van der Waals surface area contributed by atoms with Crippen LogP contribution in [0.2, 0.25) is 0 Å². The summed E-state index contributed by atoms with van der Waals surface area (Å²) < 4.78 is 0. The van der Waals surface area contributed by atoms with Crippen LogP contribution in [0.3, 0.4) is 0 Å². The van der Waals surface area contributed by atoms with Crippen LogP contribution in [-0.2, 0) is 0 Å². The van der Waals surface area contributed by atoms with Crippen LogP contribution in [0.4, 0.5) is 5.82 Å². The van der Waals surface area contributed by atoms with Crippen LogP contribution in [0.15, 0.2) is 55.0 Å². The lowest BCUT2D eigenvalue weighted by atomic mass is 10.0. The second kappa shape index (κ2) is 3.87. The minimum absolute atomic E-state index is 0.530. The number of nitrogens with zero attached hydrogens (tertiary/aromatic N) is 2. The van der Waals surface area contributed by atoms with Gasteiger partial charge in [0, 0.05) is 35.1 Å². The van der Waals surface area contributed by atoms with Gasteiger partial charge in [-0.05, 0) is 17.5 Å². The predicted molar refractivity (Wildman–Crippen MR) is 69.4 cm³/mol. The van der Waals surface area contributed by atoms with Crippen molar-refractivity contribution in [3.8, 4) is 11.1 Å². The minimum Gasteiger partial charge on any atom is -0.384 e. The molecule has 3 rings (SSSR count). The van der Waals surface area contributed by atoms with E-state index in [-0.39, 0.29) is 0 Å². The third kappa shape index (κ3) is 1.72. The molecule has 2 heterocycles. The Labute approximate surface area is 98.9 Å². The van der Waals surface area contributed by atoms with Gasteiger partial charge in [-0.25, -0.2) is 4.98 Å². The number of rotatable bonds is 1. The maximum absolute atomic E-state index is 5.59. The molecule has 0 aliphatic rings. The zero-order valence-electron chi connectivity index (χ0n) is 9.17. The van der Waals surface area contributed by atoms with Crippen LogP contribution >= 0.6 is 0 Å². The van der Waals surface area contributed by atoms with Crippen LogP contribution in [0.25, 0.3) is 21.9 Å². The molecule has 3 heteroatoms. The highest BCUT2D eigenvalue weighted by atomic mass is 14.8. The molecule has 1 aromatic carbocycles. The van der Waals surface area contributed by atoms with Crippen LogP contribution in [-0.4, -0.2) is 9.97 Å². The van der Waals surface area contributed by atoms with Gasteiger partial charge in [0.15, 0.2) is 0 Å². The van der Waals surface area contributed by atoms with E-state index in [1.54, 1.807) is 12.3 Å². The number of nitrogen functional groups attached to an aromatic ring is 1. The molecule has 0 aliphatic carbocycles. The van der Waals surface area contributed by atoms with E-state index in [0.717, 1.165) is 16.5 Å². The summed E-state index contributed by atoms with van der Waals surface area (Å²) in [7, 11) is 0. The van der Waals surface area contributed by atoms with Crippen LogP contribution in [0.5, 0.6) is 0 Å². The van der Waals surface area contributed by atoms with Gasteiger partial charge in [0.05, 0.1) is 0 Å². The van der Waals surface area contributed by atoms with Gasteiger partial charge in [-0.15, -0.1) is 0 Å². The summed E-state index contributed by atoms with van der Waals surface area (Å²) >= 11 is 0. The average Bonchev–Trinajstić information content (AvgIpc) is 2.39. The number of hydrogen-bond donors (Lipinski definition) is 1. The molecule has 0 aliphatic heterocycles. The van der Waals surface area contributed by atoms with Gasteiger partial charge in [-0.2, -0.15) is 0 Å². The van der Waals surface area contributed by atoms with Crippen LogP contribution < -0.4 is 5.73 Å². The molecule has 82 valence electrons. The fraction of sp³-hybridized carbons (Fsp3) is 0. The van der Waals surface area contributed by atoms with Gasteiger partial charge in [-0.1, -0.05) is 24.3 Å². The molecule has 0 unspecified atom stereocenters. The molecule has 0 bridgehead atoms. The van der Waals surface area contributed by atoms with E-state index in [1.807, 2.05) is 30.6 Å². The van der Waals surface area contributed by atoms with E-state index in [1.165, 1.54) is 5.39 Å². The van der Waals surface area contributed by atoms with Crippen molar-refractivity contribution in [2.45, 2.75) is 0 Å². The van der Waals surface area contributed by atoms with Gasteiger partial charge < -0.3 is 5.73 Å². The van der Waals surface area contributed by atoms with Crippen LogP contribution in [0.1, 0.15) is 0 Å². The third-order valence-corrected chi connectivity index (χ3v) is 2.77. The first-order chi connectivity index (χ1) is 8.34. The zero-order valence-corrected chi connectivity index (χ0v) is 9.17. The molecular formula is C14H11N3. The van der Waals surface area contributed by atoms with Gasteiger partial charge in [-0.3, -0.25) is 4.98 Å². The number of fused-ring (bicyclic) bond motifs is 1.